The second-order valence-corrected chi connectivity index (χ2v) is 4.14. The van der Waals surface area contributed by atoms with E-state index in [1.165, 1.54) is 12.1 Å². The minimum atomic E-state index is -0.528. The first-order valence-corrected chi connectivity index (χ1v) is 5.71. The van der Waals surface area contributed by atoms with Gasteiger partial charge in [-0.2, -0.15) is 15.0 Å². The van der Waals surface area contributed by atoms with Gasteiger partial charge in [-0.15, -0.1) is 0 Å². The minimum absolute atomic E-state index is 0.105. The number of halogens is 2. The van der Waals surface area contributed by atoms with E-state index in [-0.39, 0.29) is 28.0 Å². The van der Waals surface area contributed by atoms with Gasteiger partial charge in [0.15, 0.2) is 0 Å². The number of hydrogen-bond donors (Lipinski definition) is 0. The Morgan fingerprint density at radius 2 is 1.84 bits per heavy atom. The Balaban J connectivity index is 2.37. The number of non-ortho nitro benzene ring substituents is 1. The molecule has 0 aliphatic carbocycles. The van der Waals surface area contributed by atoms with Crippen molar-refractivity contribution in [2.24, 2.45) is 0 Å². The lowest BCUT2D eigenvalue weighted by atomic mass is 10.2. The zero-order valence-electron chi connectivity index (χ0n) is 9.50. The number of ether oxygens (including phenoxy) is 1. The van der Waals surface area contributed by atoms with E-state index in [1.54, 1.807) is 13.0 Å². The fourth-order valence-corrected chi connectivity index (χ4v) is 1.61. The first-order valence-electron chi connectivity index (χ1n) is 4.95. The molecule has 19 heavy (non-hydrogen) atoms. The van der Waals surface area contributed by atoms with E-state index in [1.807, 2.05) is 0 Å². The Morgan fingerprint density at radius 1 is 1.21 bits per heavy atom. The van der Waals surface area contributed by atoms with Gasteiger partial charge in [0.25, 0.3) is 5.69 Å². The number of rotatable bonds is 3. The third kappa shape index (κ3) is 3.27. The summed E-state index contributed by atoms with van der Waals surface area (Å²) in [5, 5.41) is 10.4. The van der Waals surface area contributed by atoms with Crippen LogP contribution in [0.2, 0.25) is 10.6 Å². The van der Waals surface area contributed by atoms with E-state index >= 15 is 0 Å². The Labute approximate surface area is 117 Å². The van der Waals surface area contributed by atoms with Gasteiger partial charge >= 0.3 is 6.01 Å². The zero-order chi connectivity index (χ0) is 14.0. The highest BCUT2D eigenvalue weighted by atomic mass is 35.5. The average molecular weight is 301 g/mol. The highest BCUT2D eigenvalue weighted by Crippen LogP contribution is 2.27. The number of aromatic nitrogens is 3. The van der Waals surface area contributed by atoms with Crippen LogP contribution in [0.15, 0.2) is 18.2 Å². The molecular weight excluding hydrogens is 295 g/mol. The molecule has 0 atom stereocenters. The molecule has 0 saturated carbocycles. The molecule has 0 saturated heterocycles. The fraction of sp³-hybridized carbons (Fsp3) is 0.100. The SMILES string of the molecule is Cc1ccc([N+](=O)[O-])cc1Oc1nc(Cl)nc(Cl)n1. The van der Waals surface area contributed by atoms with Crippen molar-refractivity contribution in [3.05, 3.63) is 44.4 Å². The molecular formula is C10H6Cl2N4O3. The molecule has 98 valence electrons. The lowest BCUT2D eigenvalue weighted by Crippen LogP contribution is -1.97. The van der Waals surface area contributed by atoms with Crippen molar-refractivity contribution in [2.75, 3.05) is 0 Å². The van der Waals surface area contributed by atoms with Crippen molar-refractivity contribution in [1.82, 2.24) is 15.0 Å². The second kappa shape index (κ2) is 5.33. The maximum Gasteiger partial charge on any atom is 0.327 e. The lowest BCUT2D eigenvalue weighted by Gasteiger charge is -2.06. The first kappa shape index (κ1) is 13.4. The molecule has 0 bridgehead atoms. The molecule has 2 rings (SSSR count). The summed E-state index contributed by atoms with van der Waals surface area (Å²) in [5.74, 6) is 0.243. The van der Waals surface area contributed by atoms with Gasteiger partial charge < -0.3 is 4.74 Å². The van der Waals surface area contributed by atoms with E-state index in [0.29, 0.717) is 5.56 Å². The summed E-state index contributed by atoms with van der Waals surface area (Å²) in [4.78, 5) is 21.2. The first-order chi connectivity index (χ1) is 8.95. The van der Waals surface area contributed by atoms with Gasteiger partial charge in [0.05, 0.1) is 11.0 Å². The summed E-state index contributed by atoms with van der Waals surface area (Å²) in [5.41, 5.74) is 0.574. The molecule has 7 nitrogen and oxygen atoms in total. The van der Waals surface area contributed by atoms with E-state index in [4.69, 9.17) is 27.9 Å². The molecule has 1 heterocycles. The number of hydrogen-bond acceptors (Lipinski definition) is 6. The molecule has 9 heteroatoms. The monoisotopic (exact) mass is 300 g/mol. The summed E-state index contributed by atoms with van der Waals surface area (Å²) < 4.78 is 5.33. The van der Waals surface area contributed by atoms with Crippen LogP contribution < -0.4 is 4.74 Å². The van der Waals surface area contributed by atoms with E-state index in [0.717, 1.165) is 0 Å². The summed E-state index contributed by atoms with van der Waals surface area (Å²) in [7, 11) is 0. The van der Waals surface area contributed by atoms with Crippen LogP contribution in [0.3, 0.4) is 0 Å². The fourth-order valence-electron chi connectivity index (χ4n) is 1.27. The Hall–Kier alpha value is -1.99. The second-order valence-electron chi connectivity index (χ2n) is 3.47. The van der Waals surface area contributed by atoms with E-state index in [9.17, 15) is 10.1 Å². The number of nitrogens with zero attached hydrogens (tertiary/aromatic N) is 4. The molecule has 0 aliphatic rings. The largest absolute Gasteiger partial charge is 0.424 e. The van der Waals surface area contributed by atoms with Crippen molar-refractivity contribution >= 4 is 28.9 Å². The minimum Gasteiger partial charge on any atom is -0.424 e. The third-order valence-corrected chi connectivity index (χ3v) is 2.48. The van der Waals surface area contributed by atoms with Crippen LogP contribution in [-0.4, -0.2) is 19.9 Å². The molecule has 0 N–H and O–H groups in total. The summed E-state index contributed by atoms with van der Waals surface area (Å²) >= 11 is 11.2. The number of benzene rings is 1. The molecule has 0 fully saturated rings. The molecule has 1 aromatic carbocycles. The smallest absolute Gasteiger partial charge is 0.327 e. The number of nitro groups is 1. The molecule has 0 unspecified atom stereocenters. The molecule has 0 radical (unpaired) electrons. The maximum atomic E-state index is 10.7. The molecule has 0 aliphatic heterocycles. The van der Waals surface area contributed by atoms with Gasteiger partial charge in [0.2, 0.25) is 10.6 Å². The molecule has 0 amide bonds. The standard InChI is InChI=1S/C10H6Cl2N4O3/c1-5-2-3-6(16(17)18)4-7(5)19-10-14-8(11)13-9(12)15-10/h2-4H,1H3. The summed E-state index contributed by atoms with van der Waals surface area (Å²) in [6.45, 7) is 1.73. The highest BCUT2D eigenvalue weighted by Gasteiger charge is 2.12. The van der Waals surface area contributed by atoms with Gasteiger partial charge in [0.1, 0.15) is 5.75 Å². The van der Waals surface area contributed by atoms with Gasteiger partial charge in [-0.25, -0.2) is 0 Å². The summed E-state index contributed by atoms with van der Waals surface area (Å²) in [6.07, 6.45) is 0. The van der Waals surface area contributed by atoms with Crippen LogP contribution in [0, 0.1) is 17.0 Å². The predicted octanol–water partition coefficient (Wildman–Crippen LogP) is 3.19. The van der Waals surface area contributed by atoms with Gasteiger partial charge in [-0.1, -0.05) is 0 Å². The van der Waals surface area contributed by atoms with Gasteiger partial charge in [-0.05, 0) is 41.8 Å². The van der Waals surface area contributed by atoms with Crippen molar-refractivity contribution in [3.8, 4) is 11.8 Å². The van der Waals surface area contributed by atoms with E-state index in [2.05, 4.69) is 15.0 Å². The number of aryl methyl sites for hydroxylation is 1. The van der Waals surface area contributed by atoms with Crippen molar-refractivity contribution in [3.63, 3.8) is 0 Å². The Kier molecular flexibility index (Phi) is 3.77. The Bertz CT molecular complexity index is 630. The average Bonchev–Trinajstić information content (AvgIpc) is 2.30. The summed E-state index contributed by atoms with van der Waals surface area (Å²) in [6, 6.07) is 4.06. The maximum absolute atomic E-state index is 10.7. The zero-order valence-corrected chi connectivity index (χ0v) is 11.0. The van der Waals surface area contributed by atoms with Crippen molar-refractivity contribution in [2.45, 2.75) is 6.92 Å². The predicted molar refractivity (Wildman–Crippen MR) is 67.8 cm³/mol. The van der Waals surface area contributed by atoms with Gasteiger partial charge in [-0.3, -0.25) is 10.1 Å². The van der Waals surface area contributed by atoms with Crippen LogP contribution >= 0.6 is 23.2 Å². The topological polar surface area (TPSA) is 91.0 Å². The van der Waals surface area contributed by atoms with E-state index < -0.39 is 4.92 Å². The molecule has 2 aromatic rings. The molecule has 1 aromatic heterocycles. The van der Waals surface area contributed by atoms with Crippen LogP contribution in [0.1, 0.15) is 5.56 Å². The normalized spacial score (nSPS) is 10.3. The Morgan fingerprint density at radius 3 is 2.42 bits per heavy atom. The van der Waals surface area contributed by atoms with Crippen molar-refractivity contribution in [1.29, 1.82) is 0 Å². The molecule has 0 spiro atoms. The quantitative estimate of drug-likeness (QED) is 0.638. The van der Waals surface area contributed by atoms with Gasteiger partial charge in [0, 0.05) is 6.07 Å². The van der Waals surface area contributed by atoms with Crippen LogP contribution in [0.4, 0.5) is 5.69 Å². The number of nitro benzene ring substituents is 1. The highest BCUT2D eigenvalue weighted by molar-refractivity contribution is 6.31. The van der Waals surface area contributed by atoms with Crippen LogP contribution in [0.25, 0.3) is 0 Å². The third-order valence-electron chi connectivity index (χ3n) is 2.14. The lowest BCUT2D eigenvalue weighted by molar-refractivity contribution is -0.384. The van der Waals surface area contributed by atoms with Crippen LogP contribution in [-0.2, 0) is 0 Å². The van der Waals surface area contributed by atoms with Crippen LogP contribution in [0.5, 0.6) is 11.8 Å². The van der Waals surface area contributed by atoms with Crippen molar-refractivity contribution < 1.29 is 9.66 Å².